The first-order valence-electron chi connectivity index (χ1n) is 13.7. The Bertz CT molecular complexity index is 1390. The lowest BCUT2D eigenvalue weighted by molar-refractivity contribution is -0.142. The summed E-state index contributed by atoms with van der Waals surface area (Å²) in [5.74, 6) is -2.83. The van der Waals surface area contributed by atoms with E-state index in [9.17, 15) is 37.5 Å². The van der Waals surface area contributed by atoms with Gasteiger partial charge in [-0.1, -0.05) is 67.2 Å². The number of nitrogens with one attached hydrogen (secondary N) is 3. The quantitative estimate of drug-likeness (QED) is 0.269. The van der Waals surface area contributed by atoms with Crippen LogP contribution in [0.5, 0.6) is 0 Å². The maximum absolute atomic E-state index is 12.9. The van der Waals surface area contributed by atoms with Crippen LogP contribution in [0.25, 0.3) is 0 Å². The van der Waals surface area contributed by atoms with Crippen LogP contribution >= 0.6 is 0 Å². The van der Waals surface area contributed by atoms with Crippen molar-refractivity contribution in [1.82, 2.24) is 20.9 Å². The lowest BCUT2D eigenvalue weighted by atomic mass is 10.1. The van der Waals surface area contributed by atoms with Gasteiger partial charge in [0.2, 0.25) is 17.7 Å². The van der Waals surface area contributed by atoms with E-state index in [1.165, 1.54) is 11.8 Å². The standard InChI is InChI=1S/C27H32N4O7.C3H6O2S/c1-18(24(33)30-21(26(35)36)15-19-9-4-2-5-10-19)29-25(34)22-13-8-14-31(22)23(32)16-28-27(37)38-17-20-11-6-3-7-12-20;1-3-6(2,4)5/h2-7,9-12,18,21-22H,8,13-17H2,1H3,(H,28,37)(H,29,34)(H,30,33)(H,35,36);3H,1H2,2H3. The van der Waals surface area contributed by atoms with Crippen molar-refractivity contribution in [2.75, 3.05) is 19.3 Å². The number of ether oxygens (including phenoxy) is 1. The van der Waals surface area contributed by atoms with Crippen LogP contribution in [0.15, 0.2) is 72.7 Å². The number of carboxylic acid groups (broad SMARTS) is 1. The highest BCUT2D eigenvalue weighted by Crippen LogP contribution is 2.17. The van der Waals surface area contributed by atoms with Crippen LogP contribution < -0.4 is 16.0 Å². The molecule has 14 heteroatoms. The van der Waals surface area contributed by atoms with Crippen LogP contribution in [0.4, 0.5) is 4.79 Å². The molecule has 0 spiro atoms. The number of carbonyl (C=O) groups excluding carboxylic acids is 4. The number of rotatable bonds is 12. The summed E-state index contributed by atoms with van der Waals surface area (Å²) in [6.07, 6.45) is 1.42. The number of likely N-dealkylation sites (tertiary alicyclic amines) is 1. The van der Waals surface area contributed by atoms with Crippen LogP contribution in [0.3, 0.4) is 0 Å². The third-order valence-electron chi connectivity index (χ3n) is 6.42. The van der Waals surface area contributed by atoms with E-state index in [4.69, 9.17) is 4.74 Å². The molecule has 3 unspecified atom stereocenters. The third kappa shape index (κ3) is 12.7. The molecule has 2 aromatic rings. The van der Waals surface area contributed by atoms with Crippen LogP contribution in [-0.2, 0) is 46.8 Å². The molecule has 0 aromatic heterocycles. The zero-order chi connectivity index (χ0) is 32.7. The van der Waals surface area contributed by atoms with Crippen molar-refractivity contribution in [3.8, 4) is 0 Å². The molecule has 4 N–H and O–H groups in total. The zero-order valence-electron chi connectivity index (χ0n) is 24.6. The number of benzene rings is 2. The molecule has 0 aliphatic carbocycles. The van der Waals surface area contributed by atoms with Gasteiger partial charge in [-0.05, 0) is 30.9 Å². The van der Waals surface area contributed by atoms with Gasteiger partial charge in [-0.2, -0.15) is 0 Å². The number of sulfone groups is 1. The smallest absolute Gasteiger partial charge is 0.407 e. The van der Waals surface area contributed by atoms with E-state index >= 15 is 0 Å². The Labute approximate surface area is 256 Å². The molecular formula is C30H38N4O9S. The molecule has 13 nitrogen and oxygen atoms in total. The van der Waals surface area contributed by atoms with Crippen LogP contribution in [0.2, 0.25) is 0 Å². The maximum atomic E-state index is 12.9. The van der Waals surface area contributed by atoms with E-state index in [0.29, 0.717) is 19.4 Å². The van der Waals surface area contributed by atoms with Gasteiger partial charge in [-0.3, -0.25) is 14.4 Å². The first kappa shape index (κ1) is 35.5. The molecular weight excluding hydrogens is 592 g/mol. The normalized spacial score (nSPS) is 15.4. The highest BCUT2D eigenvalue weighted by atomic mass is 32.2. The number of alkyl carbamates (subject to hydrolysis) is 1. The third-order valence-corrected chi connectivity index (χ3v) is 7.03. The zero-order valence-corrected chi connectivity index (χ0v) is 25.4. The predicted molar refractivity (Wildman–Crippen MR) is 162 cm³/mol. The van der Waals surface area contributed by atoms with E-state index in [1.54, 1.807) is 42.5 Å². The second-order valence-electron chi connectivity index (χ2n) is 9.98. The second kappa shape index (κ2) is 17.4. The number of carbonyl (C=O) groups is 5. The molecule has 4 amide bonds. The molecule has 0 saturated carbocycles. The summed E-state index contributed by atoms with van der Waals surface area (Å²) in [6.45, 7) is 4.54. The molecule has 3 atom stereocenters. The van der Waals surface area contributed by atoms with Crippen molar-refractivity contribution in [2.45, 2.75) is 50.9 Å². The fourth-order valence-electron chi connectivity index (χ4n) is 4.08. The highest BCUT2D eigenvalue weighted by Gasteiger charge is 2.35. The largest absolute Gasteiger partial charge is 0.480 e. The summed E-state index contributed by atoms with van der Waals surface area (Å²) in [5.41, 5.74) is 1.55. The molecule has 2 aromatic carbocycles. The number of carboxylic acids is 1. The molecule has 1 saturated heterocycles. The second-order valence-corrected chi connectivity index (χ2v) is 12.0. The lowest BCUT2D eigenvalue weighted by Gasteiger charge is -2.26. The summed E-state index contributed by atoms with van der Waals surface area (Å²) >= 11 is 0. The van der Waals surface area contributed by atoms with E-state index in [1.807, 2.05) is 18.2 Å². The van der Waals surface area contributed by atoms with Gasteiger partial charge in [0.25, 0.3) is 0 Å². The van der Waals surface area contributed by atoms with Gasteiger partial charge in [0, 0.05) is 24.6 Å². The minimum atomic E-state index is -2.90. The minimum absolute atomic E-state index is 0.0592. The van der Waals surface area contributed by atoms with Gasteiger partial charge >= 0.3 is 12.1 Å². The van der Waals surface area contributed by atoms with Gasteiger partial charge < -0.3 is 30.7 Å². The maximum Gasteiger partial charge on any atom is 0.407 e. The van der Waals surface area contributed by atoms with Crippen molar-refractivity contribution in [3.05, 3.63) is 83.8 Å². The van der Waals surface area contributed by atoms with Gasteiger partial charge in [0.1, 0.15) is 31.3 Å². The first-order chi connectivity index (χ1) is 20.8. The average molecular weight is 631 g/mol. The van der Waals surface area contributed by atoms with Crippen molar-refractivity contribution >= 4 is 39.6 Å². The van der Waals surface area contributed by atoms with Crippen molar-refractivity contribution < 1.29 is 42.2 Å². The van der Waals surface area contributed by atoms with Gasteiger partial charge in [0.15, 0.2) is 9.84 Å². The SMILES string of the molecule is C=CS(C)(=O)=O.CC(NC(=O)C1CCCN1C(=O)CNC(=O)OCc1ccccc1)C(=O)NC(Cc1ccccc1)C(=O)O. The molecule has 44 heavy (non-hydrogen) atoms. The first-order valence-corrected chi connectivity index (χ1v) is 15.7. The Morgan fingerprint density at radius 1 is 1.02 bits per heavy atom. The van der Waals surface area contributed by atoms with Crippen molar-refractivity contribution in [1.29, 1.82) is 0 Å². The Morgan fingerprint density at radius 2 is 1.59 bits per heavy atom. The molecule has 1 aliphatic heterocycles. The van der Waals surface area contributed by atoms with Crippen molar-refractivity contribution in [3.63, 3.8) is 0 Å². The Hall–Kier alpha value is -4.72. The summed E-state index contributed by atoms with van der Waals surface area (Å²) in [4.78, 5) is 63.1. The van der Waals surface area contributed by atoms with Crippen LogP contribution in [-0.4, -0.2) is 85.7 Å². The fourth-order valence-corrected chi connectivity index (χ4v) is 4.08. The topological polar surface area (TPSA) is 188 Å². The van der Waals surface area contributed by atoms with Crippen molar-refractivity contribution in [2.24, 2.45) is 0 Å². The summed E-state index contributed by atoms with van der Waals surface area (Å²) < 4.78 is 24.9. The molecule has 3 rings (SSSR count). The molecule has 1 heterocycles. The number of hydrogen-bond donors (Lipinski definition) is 4. The molecule has 0 bridgehead atoms. The molecule has 1 aliphatic rings. The Balaban J connectivity index is 0.00000102. The van der Waals surface area contributed by atoms with Crippen LogP contribution in [0, 0.1) is 0 Å². The number of aliphatic carboxylic acids is 1. The number of nitrogens with zero attached hydrogens (tertiary/aromatic N) is 1. The minimum Gasteiger partial charge on any atom is -0.480 e. The average Bonchev–Trinajstić information content (AvgIpc) is 3.50. The monoisotopic (exact) mass is 630 g/mol. The van der Waals surface area contributed by atoms with Crippen LogP contribution in [0.1, 0.15) is 30.9 Å². The summed E-state index contributed by atoms with van der Waals surface area (Å²) in [6, 6.07) is 15.0. The van der Waals surface area contributed by atoms with Gasteiger partial charge in [-0.15, -0.1) is 0 Å². The van der Waals surface area contributed by atoms with E-state index < -0.39 is 57.7 Å². The summed E-state index contributed by atoms with van der Waals surface area (Å²) in [5, 5.41) is 17.8. The fraction of sp³-hybridized carbons (Fsp3) is 0.367. The molecule has 0 radical (unpaired) electrons. The number of hydrogen-bond acceptors (Lipinski definition) is 8. The molecule has 1 fully saturated rings. The Kier molecular flexibility index (Phi) is 14.0. The van der Waals surface area contributed by atoms with E-state index in [2.05, 4.69) is 22.5 Å². The van der Waals surface area contributed by atoms with E-state index in [0.717, 1.165) is 22.8 Å². The van der Waals surface area contributed by atoms with E-state index in [-0.39, 0.29) is 19.6 Å². The number of amides is 4. The Morgan fingerprint density at radius 3 is 2.14 bits per heavy atom. The van der Waals surface area contributed by atoms with Gasteiger partial charge in [-0.25, -0.2) is 18.0 Å². The predicted octanol–water partition coefficient (Wildman–Crippen LogP) is 1.40. The molecule has 238 valence electrons. The summed E-state index contributed by atoms with van der Waals surface area (Å²) in [7, 11) is -2.90. The highest BCUT2D eigenvalue weighted by molar-refractivity contribution is 7.93. The lowest BCUT2D eigenvalue weighted by Crippen LogP contribution is -2.55. The van der Waals surface area contributed by atoms with Gasteiger partial charge in [0.05, 0.1) is 0 Å².